The first-order chi connectivity index (χ1) is 8.08. The molecule has 0 spiro atoms. The van der Waals surface area contributed by atoms with Crippen molar-refractivity contribution in [1.29, 1.82) is 0 Å². The van der Waals surface area contributed by atoms with Crippen molar-refractivity contribution in [3.8, 4) is 11.6 Å². The lowest BCUT2D eigenvalue weighted by Gasteiger charge is -2.08. The second-order valence-corrected chi connectivity index (χ2v) is 4.96. The zero-order valence-electron chi connectivity index (χ0n) is 8.12. The molecular weight excluding hydrogens is 350 g/mol. The number of ether oxygens (including phenoxy) is 1. The smallest absolute Gasteiger partial charge is 0.238 e. The summed E-state index contributed by atoms with van der Waals surface area (Å²) >= 11 is 20.8. The molecule has 3 nitrogen and oxygen atoms in total. The predicted molar refractivity (Wildman–Crippen MR) is 71.3 cm³/mol. The van der Waals surface area contributed by atoms with E-state index in [0.29, 0.717) is 20.3 Å². The van der Waals surface area contributed by atoms with Gasteiger partial charge in [-0.25, -0.2) is 9.97 Å². The molecule has 2 aromatic rings. The van der Waals surface area contributed by atoms with Crippen molar-refractivity contribution in [3.05, 3.63) is 44.2 Å². The maximum absolute atomic E-state index is 5.96. The fraction of sp³-hybridized carbons (Fsp3) is 0. The van der Waals surface area contributed by atoms with E-state index in [1.54, 1.807) is 18.2 Å². The molecule has 0 amide bonds. The Morgan fingerprint density at radius 3 is 2.65 bits per heavy atom. The van der Waals surface area contributed by atoms with Crippen LogP contribution in [0.4, 0.5) is 0 Å². The molecule has 17 heavy (non-hydrogen) atoms. The summed E-state index contributed by atoms with van der Waals surface area (Å²) in [5, 5.41) is 1.20. The quantitative estimate of drug-likeness (QED) is 0.713. The van der Waals surface area contributed by atoms with Crippen LogP contribution in [0.1, 0.15) is 0 Å². The number of benzene rings is 1. The third-order valence-corrected chi connectivity index (χ3v) is 3.59. The van der Waals surface area contributed by atoms with Crippen molar-refractivity contribution in [2.75, 3.05) is 0 Å². The van der Waals surface area contributed by atoms with Gasteiger partial charge in [0.05, 0.1) is 5.02 Å². The van der Waals surface area contributed by atoms with Crippen molar-refractivity contribution in [3.63, 3.8) is 0 Å². The largest absolute Gasteiger partial charge is 0.436 e. The van der Waals surface area contributed by atoms with Crippen molar-refractivity contribution < 1.29 is 4.74 Å². The van der Waals surface area contributed by atoms with Gasteiger partial charge < -0.3 is 4.74 Å². The van der Waals surface area contributed by atoms with E-state index in [4.69, 9.17) is 39.5 Å². The summed E-state index contributed by atoms with van der Waals surface area (Å²) < 4.78 is 5.96. The van der Waals surface area contributed by atoms with E-state index in [0.717, 1.165) is 0 Å². The zero-order chi connectivity index (χ0) is 12.4. The van der Waals surface area contributed by atoms with Gasteiger partial charge in [-0.1, -0.05) is 34.8 Å². The standard InChI is InChI=1S/C10H4BrCl3N2O/c11-8-9(14)15-4-16-10(8)17-7-3-5(12)1-2-6(7)13/h1-4H. The highest BCUT2D eigenvalue weighted by molar-refractivity contribution is 9.10. The van der Waals surface area contributed by atoms with Gasteiger partial charge in [-0.05, 0) is 28.1 Å². The number of nitrogens with zero attached hydrogens (tertiary/aromatic N) is 2. The first-order valence-corrected chi connectivity index (χ1v) is 6.29. The van der Waals surface area contributed by atoms with Crippen LogP contribution in [-0.2, 0) is 0 Å². The lowest BCUT2D eigenvalue weighted by Crippen LogP contribution is -1.92. The highest BCUT2D eigenvalue weighted by Gasteiger charge is 2.11. The minimum atomic E-state index is 0.258. The van der Waals surface area contributed by atoms with Crippen molar-refractivity contribution in [1.82, 2.24) is 9.97 Å². The van der Waals surface area contributed by atoms with Crippen molar-refractivity contribution in [2.24, 2.45) is 0 Å². The van der Waals surface area contributed by atoms with E-state index in [9.17, 15) is 0 Å². The Morgan fingerprint density at radius 1 is 1.12 bits per heavy atom. The summed E-state index contributed by atoms with van der Waals surface area (Å²) in [5.74, 6) is 0.670. The van der Waals surface area contributed by atoms with Gasteiger partial charge in [-0.2, -0.15) is 0 Å². The van der Waals surface area contributed by atoms with Gasteiger partial charge >= 0.3 is 0 Å². The first kappa shape index (κ1) is 12.9. The Bertz CT molecular complexity index is 565. The van der Waals surface area contributed by atoms with E-state index in [1.807, 2.05) is 0 Å². The van der Waals surface area contributed by atoms with Gasteiger partial charge in [0, 0.05) is 11.1 Å². The molecule has 1 heterocycles. The number of aromatic nitrogens is 2. The molecule has 1 aromatic heterocycles. The van der Waals surface area contributed by atoms with Crippen molar-refractivity contribution in [2.45, 2.75) is 0 Å². The van der Waals surface area contributed by atoms with Crippen LogP contribution in [0.3, 0.4) is 0 Å². The van der Waals surface area contributed by atoms with Crippen LogP contribution in [0, 0.1) is 0 Å². The highest BCUT2D eigenvalue weighted by atomic mass is 79.9. The van der Waals surface area contributed by atoms with Crippen LogP contribution >= 0.6 is 50.7 Å². The van der Waals surface area contributed by atoms with E-state index in [1.165, 1.54) is 6.33 Å². The van der Waals surface area contributed by atoms with Crippen LogP contribution in [-0.4, -0.2) is 9.97 Å². The Hall–Kier alpha value is -0.550. The molecule has 0 aliphatic rings. The third kappa shape index (κ3) is 3.01. The van der Waals surface area contributed by atoms with Crippen LogP contribution in [0.2, 0.25) is 15.2 Å². The van der Waals surface area contributed by atoms with Crippen LogP contribution < -0.4 is 4.74 Å². The summed E-state index contributed by atoms with van der Waals surface area (Å²) in [6.07, 6.45) is 1.29. The molecule has 0 saturated heterocycles. The summed E-state index contributed by atoms with van der Waals surface area (Å²) in [6, 6.07) is 4.89. The molecule has 7 heteroatoms. The van der Waals surface area contributed by atoms with Gasteiger partial charge in [0.25, 0.3) is 0 Å². The molecule has 1 aromatic carbocycles. The first-order valence-electron chi connectivity index (χ1n) is 4.37. The molecular formula is C10H4BrCl3N2O. The molecule has 0 fully saturated rings. The molecule has 0 radical (unpaired) electrons. The summed E-state index contributed by atoms with van der Waals surface area (Å²) in [6.45, 7) is 0. The minimum Gasteiger partial charge on any atom is -0.436 e. The van der Waals surface area contributed by atoms with E-state index in [-0.39, 0.29) is 11.0 Å². The summed E-state index contributed by atoms with van der Waals surface area (Å²) in [7, 11) is 0. The lowest BCUT2D eigenvalue weighted by atomic mass is 10.3. The highest BCUT2D eigenvalue weighted by Crippen LogP contribution is 2.35. The van der Waals surface area contributed by atoms with Crippen LogP contribution in [0.25, 0.3) is 0 Å². The van der Waals surface area contributed by atoms with Gasteiger partial charge in [0.15, 0.2) is 5.15 Å². The van der Waals surface area contributed by atoms with E-state index < -0.39 is 0 Å². The number of hydrogen-bond acceptors (Lipinski definition) is 3. The third-order valence-electron chi connectivity index (χ3n) is 1.81. The van der Waals surface area contributed by atoms with Gasteiger partial charge in [-0.15, -0.1) is 0 Å². The zero-order valence-corrected chi connectivity index (χ0v) is 12.0. The van der Waals surface area contributed by atoms with Crippen molar-refractivity contribution >= 4 is 50.7 Å². The molecule has 0 N–H and O–H groups in total. The Labute approximate surface area is 121 Å². The number of rotatable bonds is 2. The summed E-state index contributed by atoms with van der Waals surface area (Å²) in [4.78, 5) is 7.73. The number of hydrogen-bond donors (Lipinski definition) is 0. The fourth-order valence-electron chi connectivity index (χ4n) is 1.06. The molecule has 0 atom stereocenters. The summed E-state index contributed by atoms with van der Waals surface area (Å²) in [5.41, 5.74) is 0. The van der Waals surface area contributed by atoms with Gasteiger partial charge in [0.2, 0.25) is 5.88 Å². The molecule has 0 bridgehead atoms. The Morgan fingerprint density at radius 2 is 1.88 bits per heavy atom. The Kier molecular flexibility index (Phi) is 4.09. The monoisotopic (exact) mass is 352 g/mol. The fourth-order valence-corrected chi connectivity index (χ4v) is 1.79. The molecule has 0 saturated carbocycles. The maximum Gasteiger partial charge on any atom is 0.238 e. The predicted octanol–water partition coefficient (Wildman–Crippen LogP) is 4.99. The molecule has 0 aliphatic heterocycles. The lowest BCUT2D eigenvalue weighted by molar-refractivity contribution is 0.458. The van der Waals surface area contributed by atoms with Gasteiger partial charge in [-0.3, -0.25) is 0 Å². The van der Waals surface area contributed by atoms with E-state index >= 15 is 0 Å². The number of halogens is 4. The molecule has 0 aliphatic carbocycles. The maximum atomic E-state index is 5.96. The molecule has 88 valence electrons. The molecule has 2 rings (SSSR count). The molecule has 0 unspecified atom stereocenters. The van der Waals surface area contributed by atoms with Gasteiger partial charge in [0.1, 0.15) is 16.5 Å². The SMILES string of the molecule is Clc1ccc(Cl)c(Oc2ncnc(Cl)c2Br)c1. The Balaban J connectivity index is 2.38. The normalized spacial score (nSPS) is 10.4. The average molecular weight is 354 g/mol. The van der Waals surface area contributed by atoms with Crippen LogP contribution in [0.5, 0.6) is 11.6 Å². The van der Waals surface area contributed by atoms with E-state index in [2.05, 4.69) is 25.9 Å². The average Bonchev–Trinajstić information content (AvgIpc) is 2.30. The topological polar surface area (TPSA) is 35.0 Å². The second-order valence-electron chi connectivity index (χ2n) is 2.96. The second kappa shape index (κ2) is 5.40. The van der Waals surface area contributed by atoms with Crippen LogP contribution in [0.15, 0.2) is 29.0 Å². The minimum absolute atomic E-state index is 0.258.